The van der Waals surface area contributed by atoms with Crippen LogP contribution in [0.1, 0.15) is 37.8 Å². The van der Waals surface area contributed by atoms with Crippen molar-refractivity contribution in [2.24, 2.45) is 10.9 Å². The number of nitrogens with two attached hydrogens (primary N) is 1. The summed E-state index contributed by atoms with van der Waals surface area (Å²) in [6, 6.07) is 8.34. The van der Waals surface area contributed by atoms with Crippen LogP contribution in [0.5, 0.6) is 0 Å². The number of nitrogens with zero attached hydrogens (tertiary/aromatic N) is 2. The molecule has 0 heterocycles. The molecule has 5 heteroatoms. The van der Waals surface area contributed by atoms with E-state index in [1.807, 2.05) is 24.3 Å². The van der Waals surface area contributed by atoms with Gasteiger partial charge in [0.05, 0.1) is 0 Å². The molecule has 0 aromatic heterocycles. The molecule has 0 spiro atoms. The Bertz CT molecular complexity index is 446. The lowest BCUT2D eigenvalue weighted by Gasteiger charge is -2.20. The van der Waals surface area contributed by atoms with Gasteiger partial charge in [-0.05, 0) is 58.5 Å². The van der Waals surface area contributed by atoms with Crippen molar-refractivity contribution in [2.45, 2.75) is 39.3 Å². The van der Waals surface area contributed by atoms with E-state index in [2.05, 4.69) is 36.3 Å². The van der Waals surface area contributed by atoms with Crippen molar-refractivity contribution in [3.05, 3.63) is 35.4 Å². The van der Waals surface area contributed by atoms with Crippen LogP contribution < -0.4 is 11.1 Å². The second kappa shape index (κ2) is 9.37. The van der Waals surface area contributed by atoms with Gasteiger partial charge in [0.1, 0.15) is 0 Å². The average molecular weight is 292 g/mol. The van der Waals surface area contributed by atoms with E-state index in [1.165, 1.54) is 6.42 Å². The Hall–Kier alpha value is -1.59. The maximum Gasteiger partial charge on any atom is 0.170 e. The number of hydrogen-bond acceptors (Lipinski definition) is 4. The van der Waals surface area contributed by atoms with Gasteiger partial charge in [-0.2, -0.15) is 0 Å². The van der Waals surface area contributed by atoms with Crippen molar-refractivity contribution in [1.82, 2.24) is 10.2 Å². The molecule has 1 rings (SSSR count). The predicted octanol–water partition coefficient (Wildman–Crippen LogP) is 1.99. The van der Waals surface area contributed by atoms with Gasteiger partial charge in [0.15, 0.2) is 5.84 Å². The third kappa shape index (κ3) is 6.60. The van der Waals surface area contributed by atoms with E-state index in [0.29, 0.717) is 6.04 Å². The van der Waals surface area contributed by atoms with E-state index < -0.39 is 0 Å². The average Bonchev–Trinajstić information content (AvgIpc) is 2.49. The minimum Gasteiger partial charge on any atom is -0.409 e. The molecule has 0 aliphatic rings. The van der Waals surface area contributed by atoms with Crippen molar-refractivity contribution < 1.29 is 5.21 Å². The van der Waals surface area contributed by atoms with Crippen LogP contribution in [0, 0.1) is 0 Å². The maximum atomic E-state index is 8.68. The fraction of sp³-hybridized carbons (Fsp3) is 0.562. The van der Waals surface area contributed by atoms with E-state index in [1.54, 1.807) is 0 Å². The zero-order valence-corrected chi connectivity index (χ0v) is 13.3. The summed E-state index contributed by atoms with van der Waals surface area (Å²) in [7, 11) is 2.16. The Labute approximate surface area is 127 Å². The number of amidine groups is 1. The van der Waals surface area contributed by atoms with Crippen molar-refractivity contribution in [2.75, 3.05) is 20.1 Å². The van der Waals surface area contributed by atoms with Crippen LogP contribution in [-0.2, 0) is 6.54 Å². The van der Waals surface area contributed by atoms with Gasteiger partial charge < -0.3 is 21.2 Å². The summed E-state index contributed by atoms with van der Waals surface area (Å²) in [6.45, 7) is 7.36. The third-order valence-corrected chi connectivity index (χ3v) is 3.66. The summed E-state index contributed by atoms with van der Waals surface area (Å²) >= 11 is 0. The second-order valence-corrected chi connectivity index (χ2v) is 5.64. The lowest BCUT2D eigenvalue weighted by molar-refractivity contribution is 0.268. The standard InChI is InChI=1S/C16H28N4O/c1-13(2)20(3)10-5-4-9-18-12-14-7-6-8-15(11-14)16(17)19-21/h6-8,11,13,18,21H,4-5,9-10,12H2,1-3H3,(H2,17,19). The molecule has 0 fully saturated rings. The summed E-state index contributed by atoms with van der Waals surface area (Å²) in [6.07, 6.45) is 2.36. The molecule has 0 aliphatic carbocycles. The molecular formula is C16H28N4O. The first-order valence-corrected chi connectivity index (χ1v) is 7.52. The first-order chi connectivity index (χ1) is 10.0. The van der Waals surface area contributed by atoms with Gasteiger partial charge in [-0.25, -0.2) is 0 Å². The van der Waals surface area contributed by atoms with E-state index in [9.17, 15) is 0 Å². The molecule has 4 N–H and O–H groups in total. The van der Waals surface area contributed by atoms with E-state index >= 15 is 0 Å². The summed E-state index contributed by atoms with van der Waals surface area (Å²) < 4.78 is 0. The summed E-state index contributed by atoms with van der Waals surface area (Å²) in [4.78, 5) is 2.36. The van der Waals surface area contributed by atoms with Gasteiger partial charge in [0, 0.05) is 18.2 Å². The molecule has 118 valence electrons. The largest absolute Gasteiger partial charge is 0.409 e. The number of benzene rings is 1. The van der Waals surface area contributed by atoms with E-state index in [4.69, 9.17) is 10.9 Å². The van der Waals surface area contributed by atoms with Gasteiger partial charge in [0.2, 0.25) is 0 Å². The van der Waals surface area contributed by atoms with Crippen molar-refractivity contribution >= 4 is 5.84 Å². The topological polar surface area (TPSA) is 73.9 Å². The Morgan fingerprint density at radius 2 is 2.14 bits per heavy atom. The molecule has 0 atom stereocenters. The molecule has 0 saturated carbocycles. The highest BCUT2D eigenvalue weighted by molar-refractivity contribution is 5.97. The third-order valence-electron chi connectivity index (χ3n) is 3.66. The van der Waals surface area contributed by atoms with Gasteiger partial charge >= 0.3 is 0 Å². The molecular weight excluding hydrogens is 264 g/mol. The van der Waals surface area contributed by atoms with Crippen LogP contribution in [0.25, 0.3) is 0 Å². The second-order valence-electron chi connectivity index (χ2n) is 5.64. The Morgan fingerprint density at radius 1 is 1.38 bits per heavy atom. The van der Waals surface area contributed by atoms with Gasteiger partial charge in [0.25, 0.3) is 0 Å². The first-order valence-electron chi connectivity index (χ1n) is 7.52. The van der Waals surface area contributed by atoms with Crippen molar-refractivity contribution in [3.8, 4) is 0 Å². The molecule has 0 saturated heterocycles. The lowest BCUT2D eigenvalue weighted by Crippen LogP contribution is -2.27. The monoisotopic (exact) mass is 292 g/mol. The molecule has 1 aromatic carbocycles. The molecule has 1 aromatic rings. The summed E-state index contributed by atoms with van der Waals surface area (Å²) in [5.74, 6) is 0.147. The fourth-order valence-electron chi connectivity index (χ4n) is 2.00. The highest BCUT2D eigenvalue weighted by Crippen LogP contribution is 2.05. The number of unbranched alkanes of at least 4 members (excludes halogenated alkanes) is 1. The quantitative estimate of drug-likeness (QED) is 0.214. The number of oxime groups is 1. The SMILES string of the molecule is CC(C)N(C)CCCCNCc1cccc(C(N)=NO)c1. The number of nitrogens with one attached hydrogen (secondary N) is 1. The van der Waals surface area contributed by atoms with Crippen LogP contribution in [0.2, 0.25) is 0 Å². The Balaban J connectivity index is 2.24. The fourth-order valence-corrected chi connectivity index (χ4v) is 2.00. The summed E-state index contributed by atoms with van der Waals surface area (Å²) in [5, 5.41) is 15.1. The van der Waals surface area contributed by atoms with Gasteiger partial charge in [-0.3, -0.25) is 0 Å². The Kier molecular flexibility index (Phi) is 7.79. The van der Waals surface area contributed by atoms with Gasteiger partial charge in [-0.1, -0.05) is 23.4 Å². The van der Waals surface area contributed by atoms with Gasteiger partial charge in [-0.15, -0.1) is 0 Å². The highest BCUT2D eigenvalue weighted by Gasteiger charge is 2.02. The zero-order chi connectivity index (χ0) is 15.7. The van der Waals surface area contributed by atoms with Crippen LogP contribution in [0.15, 0.2) is 29.4 Å². The molecule has 0 radical (unpaired) electrons. The molecule has 0 amide bonds. The smallest absolute Gasteiger partial charge is 0.170 e. The molecule has 0 bridgehead atoms. The summed E-state index contributed by atoms with van der Waals surface area (Å²) in [5.41, 5.74) is 7.47. The van der Waals surface area contributed by atoms with Crippen molar-refractivity contribution in [3.63, 3.8) is 0 Å². The van der Waals surface area contributed by atoms with Crippen LogP contribution in [0.3, 0.4) is 0 Å². The van der Waals surface area contributed by atoms with Crippen molar-refractivity contribution in [1.29, 1.82) is 0 Å². The highest BCUT2D eigenvalue weighted by atomic mass is 16.4. The number of hydrogen-bond donors (Lipinski definition) is 3. The van der Waals surface area contributed by atoms with E-state index in [0.717, 1.165) is 37.2 Å². The number of rotatable bonds is 9. The molecule has 0 aliphatic heterocycles. The Morgan fingerprint density at radius 3 is 2.81 bits per heavy atom. The maximum absolute atomic E-state index is 8.68. The minimum atomic E-state index is 0.147. The van der Waals surface area contributed by atoms with E-state index in [-0.39, 0.29) is 5.84 Å². The minimum absolute atomic E-state index is 0.147. The van der Waals surface area contributed by atoms with Crippen LogP contribution in [0.4, 0.5) is 0 Å². The predicted molar refractivity (Wildman–Crippen MR) is 87.7 cm³/mol. The molecule has 21 heavy (non-hydrogen) atoms. The first kappa shape index (κ1) is 17.5. The van der Waals surface area contributed by atoms with Crippen LogP contribution >= 0.6 is 0 Å². The zero-order valence-electron chi connectivity index (χ0n) is 13.3. The molecule has 5 nitrogen and oxygen atoms in total. The lowest BCUT2D eigenvalue weighted by atomic mass is 10.1. The molecule has 0 unspecified atom stereocenters. The normalized spacial score (nSPS) is 12.3. The van der Waals surface area contributed by atoms with Crippen LogP contribution in [-0.4, -0.2) is 42.1 Å².